The molecule has 2 fully saturated rings. The average molecular weight is 341 g/mol. The first kappa shape index (κ1) is 19.9. The zero-order valence-corrected chi connectivity index (χ0v) is 15.4. The van der Waals surface area contributed by atoms with Gasteiger partial charge in [0.1, 0.15) is 0 Å². The van der Waals surface area contributed by atoms with E-state index in [9.17, 15) is 0 Å². The first-order chi connectivity index (χ1) is 11.8. The minimum Gasteiger partial charge on any atom is -0.352 e. The van der Waals surface area contributed by atoms with E-state index in [0.29, 0.717) is 11.8 Å². The molecular weight excluding hydrogens is 304 g/mol. The molecule has 0 unspecified atom stereocenters. The number of allylic oxidation sites excluding steroid dienone is 1. The zero-order chi connectivity index (χ0) is 17.0. The van der Waals surface area contributed by atoms with E-state index in [1.54, 1.807) is 0 Å². The van der Waals surface area contributed by atoms with Crippen molar-refractivity contribution >= 4 is 0 Å². The number of hydrogen-bond donors (Lipinski definition) is 0. The Bertz CT molecular complexity index is 318. The van der Waals surface area contributed by atoms with E-state index < -0.39 is 0 Å². The summed E-state index contributed by atoms with van der Waals surface area (Å²) >= 11 is 0. The Kier molecular flexibility index (Phi) is 9.96. The summed E-state index contributed by atoms with van der Waals surface area (Å²) in [6, 6.07) is 0. The molecule has 0 radical (unpaired) electrons. The molecule has 0 aliphatic carbocycles. The van der Waals surface area contributed by atoms with Crippen molar-refractivity contribution in [1.82, 2.24) is 0 Å². The molecule has 0 bridgehead atoms. The molecule has 2 heterocycles. The fourth-order valence-corrected chi connectivity index (χ4v) is 3.32. The maximum absolute atomic E-state index is 5.87. The van der Waals surface area contributed by atoms with Crippen LogP contribution in [0.5, 0.6) is 0 Å². The summed E-state index contributed by atoms with van der Waals surface area (Å²) in [4.78, 5) is 0. The Morgan fingerprint density at radius 2 is 1.33 bits per heavy atom. The summed E-state index contributed by atoms with van der Waals surface area (Å²) in [5.74, 6) is 1.02. The van der Waals surface area contributed by atoms with Gasteiger partial charge in [-0.2, -0.15) is 0 Å². The standard InChI is InChI=1S/C20H36O4/c1-3-5-7-9-17-13-23-20(24-14-17)12-11-18-15-21-19(22-16-18)10-8-6-4-2/h3,17-20H,1,4-16H2,2H3/t17-,18-,19-,20-. The molecule has 2 rings (SSSR count). The zero-order valence-electron chi connectivity index (χ0n) is 15.4. The fraction of sp³-hybridized carbons (Fsp3) is 0.900. The van der Waals surface area contributed by atoms with Crippen LogP contribution in [0, 0.1) is 11.8 Å². The molecule has 2 saturated heterocycles. The van der Waals surface area contributed by atoms with Crippen molar-refractivity contribution in [2.24, 2.45) is 11.8 Å². The Morgan fingerprint density at radius 1 is 0.750 bits per heavy atom. The van der Waals surface area contributed by atoms with Gasteiger partial charge in [-0.25, -0.2) is 0 Å². The molecule has 0 aromatic heterocycles. The highest BCUT2D eigenvalue weighted by molar-refractivity contribution is 4.70. The van der Waals surface area contributed by atoms with Gasteiger partial charge < -0.3 is 18.9 Å². The third kappa shape index (κ3) is 7.64. The number of rotatable bonds is 11. The van der Waals surface area contributed by atoms with E-state index in [1.165, 1.54) is 32.1 Å². The quantitative estimate of drug-likeness (QED) is 0.404. The topological polar surface area (TPSA) is 36.9 Å². The minimum absolute atomic E-state index is 0.0197. The lowest BCUT2D eigenvalue weighted by Gasteiger charge is -2.32. The van der Waals surface area contributed by atoms with Gasteiger partial charge in [-0.3, -0.25) is 0 Å². The Hall–Kier alpha value is -0.420. The lowest BCUT2D eigenvalue weighted by Crippen LogP contribution is -2.35. The fourth-order valence-electron chi connectivity index (χ4n) is 3.32. The molecule has 0 N–H and O–H groups in total. The second kappa shape index (κ2) is 12.0. The van der Waals surface area contributed by atoms with Crippen molar-refractivity contribution in [3.8, 4) is 0 Å². The summed E-state index contributed by atoms with van der Waals surface area (Å²) in [5, 5.41) is 0. The Morgan fingerprint density at radius 3 is 1.92 bits per heavy atom. The van der Waals surface area contributed by atoms with Crippen molar-refractivity contribution in [1.29, 1.82) is 0 Å². The van der Waals surface area contributed by atoms with Gasteiger partial charge in [0.05, 0.1) is 26.4 Å². The largest absolute Gasteiger partial charge is 0.352 e. The predicted octanol–water partition coefficient (Wildman–Crippen LogP) is 4.68. The van der Waals surface area contributed by atoms with Crippen LogP contribution >= 0.6 is 0 Å². The molecule has 4 heteroatoms. The van der Waals surface area contributed by atoms with Gasteiger partial charge in [-0.05, 0) is 44.9 Å². The van der Waals surface area contributed by atoms with Gasteiger partial charge in [0, 0.05) is 11.8 Å². The van der Waals surface area contributed by atoms with Crippen LogP contribution in [-0.4, -0.2) is 39.0 Å². The molecule has 0 saturated carbocycles. The molecule has 0 spiro atoms. The van der Waals surface area contributed by atoms with E-state index in [1.807, 2.05) is 6.08 Å². The summed E-state index contributed by atoms with van der Waals surface area (Å²) in [6.07, 6.45) is 12.1. The van der Waals surface area contributed by atoms with E-state index >= 15 is 0 Å². The van der Waals surface area contributed by atoms with E-state index in [2.05, 4.69) is 13.5 Å². The number of ether oxygens (including phenoxy) is 4. The first-order valence-electron chi connectivity index (χ1n) is 9.89. The molecule has 24 heavy (non-hydrogen) atoms. The van der Waals surface area contributed by atoms with Gasteiger partial charge in [0.2, 0.25) is 0 Å². The molecule has 2 aliphatic rings. The van der Waals surface area contributed by atoms with Crippen LogP contribution in [0.1, 0.15) is 64.7 Å². The van der Waals surface area contributed by atoms with Crippen LogP contribution in [0.2, 0.25) is 0 Å². The number of unbranched alkanes of at least 4 members (excludes halogenated alkanes) is 3. The second-order valence-corrected chi connectivity index (χ2v) is 7.22. The maximum Gasteiger partial charge on any atom is 0.157 e. The smallest absolute Gasteiger partial charge is 0.157 e. The van der Waals surface area contributed by atoms with Crippen molar-refractivity contribution in [3.63, 3.8) is 0 Å². The highest BCUT2D eigenvalue weighted by Crippen LogP contribution is 2.24. The molecule has 0 aromatic carbocycles. The monoisotopic (exact) mass is 340 g/mol. The SMILES string of the molecule is C=CCCC[C@H]1CO[C@H](CC[C@H]2CO[C@H](CCCCC)OC2)OC1. The Balaban J connectivity index is 1.50. The molecule has 0 aromatic rings. The summed E-state index contributed by atoms with van der Waals surface area (Å²) in [7, 11) is 0. The number of hydrogen-bond acceptors (Lipinski definition) is 4. The van der Waals surface area contributed by atoms with Gasteiger partial charge in [-0.1, -0.05) is 25.8 Å². The molecular formula is C20H36O4. The third-order valence-electron chi connectivity index (χ3n) is 4.95. The normalized spacial score (nSPS) is 31.0. The lowest BCUT2D eigenvalue weighted by molar-refractivity contribution is -0.219. The van der Waals surface area contributed by atoms with Crippen LogP contribution in [0.15, 0.2) is 12.7 Å². The van der Waals surface area contributed by atoms with Crippen LogP contribution in [0.3, 0.4) is 0 Å². The second-order valence-electron chi connectivity index (χ2n) is 7.22. The van der Waals surface area contributed by atoms with Crippen LogP contribution in [0.25, 0.3) is 0 Å². The summed E-state index contributed by atoms with van der Waals surface area (Å²) < 4.78 is 23.4. The average Bonchev–Trinajstić information content (AvgIpc) is 2.63. The Labute approximate surface area is 147 Å². The molecule has 0 amide bonds. The summed E-state index contributed by atoms with van der Waals surface area (Å²) in [5.41, 5.74) is 0. The molecule has 140 valence electrons. The first-order valence-corrected chi connectivity index (χ1v) is 9.89. The van der Waals surface area contributed by atoms with Crippen molar-refractivity contribution in [2.45, 2.75) is 77.3 Å². The van der Waals surface area contributed by atoms with Crippen molar-refractivity contribution in [2.75, 3.05) is 26.4 Å². The van der Waals surface area contributed by atoms with Gasteiger partial charge in [-0.15, -0.1) is 6.58 Å². The molecule has 0 atom stereocenters. The van der Waals surface area contributed by atoms with Crippen molar-refractivity contribution in [3.05, 3.63) is 12.7 Å². The molecule has 2 aliphatic heterocycles. The van der Waals surface area contributed by atoms with Gasteiger partial charge in [0.15, 0.2) is 12.6 Å². The van der Waals surface area contributed by atoms with E-state index in [4.69, 9.17) is 18.9 Å². The van der Waals surface area contributed by atoms with Crippen molar-refractivity contribution < 1.29 is 18.9 Å². The lowest BCUT2D eigenvalue weighted by atomic mass is 10.0. The van der Waals surface area contributed by atoms with Crippen LogP contribution in [-0.2, 0) is 18.9 Å². The summed E-state index contributed by atoms with van der Waals surface area (Å²) in [6.45, 7) is 9.28. The van der Waals surface area contributed by atoms with E-state index in [-0.39, 0.29) is 12.6 Å². The third-order valence-corrected chi connectivity index (χ3v) is 4.95. The van der Waals surface area contributed by atoms with Crippen LogP contribution in [0.4, 0.5) is 0 Å². The van der Waals surface area contributed by atoms with Crippen LogP contribution < -0.4 is 0 Å². The highest BCUT2D eigenvalue weighted by atomic mass is 16.7. The molecule has 4 nitrogen and oxygen atoms in total. The van der Waals surface area contributed by atoms with Gasteiger partial charge in [0.25, 0.3) is 0 Å². The highest BCUT2D eigenvalue weighted by Gasteiger charge is 2.25. The minimum atomic E-state index is -0.0390. The predicted molar refractivity (Wildman–Crippen MR) is 95.8 cm³/mol. The van der Waals surface area contributed by atoms with Gasteiger partial charge >= 0.3 is 0 Å². The maximum atomic E-state index is 5.87. The van der Waals surface area contributed by atoms with E-state index in [0.717, 1.165) is 52.1 Å².